The molecule has 3 rings (SSSR count). The van der Waals surface area contributed by atoms with Crippen molar-refractivity contribution in [1.29, 1.82) is 0 Å². The van der Waals surface area contributed by atoms with Gasteiger partial charge in [-0.1, -0.05) is 60.2 Å². The fourth-order valence-electron chi connectivity index (χ4n) is 3.98. The van der Waals surface area contributed by atoms with Gasteiger partial charge in [0.2, 0.25) is 26.0 Å². The molecule has 0 spiro atoms. The van der Waals surface area contributed by atoms with E-state index in [4.69, 9.17) is 5.14 Å². The predicted octanol–water partition coefficient (Wildman–Crippen LogP) is 2.47. The number of hydrogen-bond acceptors (Lipinski definition) is 5. The van der Waals surface area contributed by atoms with Gasteiger partial charge in [0.15, 0.2) is 0 Å². The Bertz CT molecular complexity index is 1400. The number of sulfonamides is 2. The van der Waals surface area contributed by atoms with E-state index in [2.05, 4.69) is 10.0 Å². The van der Waals surface area contributed by atoms with Gasteiger partial charge in [-0.2, -0.15) is 4.72 Å². The first-order chi connectivity index (χ1) is 16.4. The van der Waals surface area contributed by atoms with Crippen LogP contribution in [0.4, 0.5) is 0 Å². The summed E-state index contributed by atoms with van der Waals surface area (Å²) in [6.45, 7) is 5.43. The van der Waals surface area contributed by atoms with Crippen molar-refractivity contribution in [2.45, 2.75) is 49.6 Å². The maximum Gasteiger partial charge on any atom is 0.241 e. The maximum absolute atomic E-state index is 13.3. The van der Waals surface area contributed by atoms with Gasteiger partial charge in [-0.15, -0.1) is 0 Å². The number of primary sulfonamides is 1. The lowest BCUT2D eigenvalue weighted by Crippen LogP contribution is -2.48. The van der Waals surface area contributed by atoms with Gasteiger partial charge in [0.1, 0.15) is 6.04 Å². The summed E-state index contributed by atoms with van der Waals surface area (Å²) < 4.78 is 52.1. The summed E-state index contributed by atoms with van der Waals surface area (Å²) >= 11 is 0. The molecule has 0 aliphatic carbocycles. The third-order valence-corrected chi connectivity index (χ3v) is 8.19. The van der Waals surface area contributed by atoms with Crippen molar-refractivity contribution in [2.24, 2.45) is 5.14 Å². The number of hydrogen-bond donors (Lipinski definition) is 3. The van der Waals surface area contributed by atoms with Crippen molar-refractivity contribution in [1.82, 2.24) is 10.0 Å². The van der Waals surface area contributed by atoms with Crippen LogP contribution in [-0.4, -0.2) is 28.8 Å². The molecule has 8 nitrogen and oxygen atoms in total. The molecule has 0 saturated carbocycles. The number of nitrogens with one attached hydrogen (secondary N) is 2. The van der Waals surface area contributed by atoms with Crippen molar-refractivity contribution in [3.8, 4) is 0 Å². The van der Waals surface area contributed by atoms with Gasteiger partial charge in [0.05, 0.1) is 9.79 Å². The Morgan fingerprint density at radius 2 is 1.43 bits per heavy atom. The summed E-state index contributed by atoms with van der Waals surface area (Å²) in [5.41, 5.74) is 3.58. The molecule has 0 aliphatic rings. The number of aryl methyl sites for hydroxylation is 3. The molecule has 0 unspecified atom stereocenters. The summed E-state index contributed by atoms with van der Waals surface area (Å²) in [5.74, 6) is -0.504. The van der Waals surface area contributed by atoms with Crippen LogP contribution in [0.15, 0.2) is 76.5 Å². The van der Waals surface area contributed by atoms with E-state index >= 15 is 0 Å². The standard InChI is InChI=1S/C25H29N3O5S2/c1-17-13-18(2)24(19(3)14-17)35(32,33)28-23(15-20-7-5-4-6-8-20)25(29)27-16-21-9-11-22(12-10-21)34(26,30)31/h4-14,23,28H,15-16H2,1-3H3,(H,27,29)(H2,26,30,31)/t23-/m0/s1. The molecule has 0 aromatic heterocycles. The van der Waals surface area contributed by atoms with Gasteiger partial charge < -0.3 is 5.32 Å². The van der Waals surface area contributed by atoms with E-state index in [1.165, 1.54) is 24.3 Å². The summed E-state index contributed by atoms with van der Waals surface area (Å²) in [4.78, 5) is 13.2. The molecule has 10 heteroatoms. The quantitative estimate of drug-likeness (QED) is 0.402. The summed E-state index contributed by atoms with van der Waals surface area (Å²) in [7, 11) is -7.82. The minimum atomic E-state index is -4.00. The normalized spacial score (nSPS) is 12.8. The first-order valence-electron chi connectivity index (χ1n) is 10.9. The van der Waals surface area contributed by atoms with Crippen molar-refractivity contribution >= 4 is 26.0 Å². The highest BCUT2D eigenvalue weighted by Gasteiger charge is 2.28. The minimum Gasteiger partial charge on any atom is -0.351 e. The second-order valence-corrected chi connectivity index (χ2v) is 11.7. The van der Waals surface area contributed by atoms with Gasteiger partial charge in [0, 0.05) is 6.54 Å². The lowest BCUT2D eigenvalue weighted by molar-refractivity contribution is -0.122. The van der Waals surface area contributed by atoms with Crippen LogP contribution in [0.2, 0.25) is 0 Å². The average Bonchev–Trinajstić information content (AvgIpc) is 2.76. The Morgan fingerprint density at radius 1 is 0.857 bits per heavy atom. The van der Waals surface area contributed by atoms with Crippen LogP contribution in [0.3, 0.4) is 0 Å². The van der Waals surface area contributed by atoms with Crippen LogP contribution >= 0.6 is 0 Å². The highest BCUT2D eigenvalue weighted by Crippen LogP contribution is 2.22. The molecular weight excluding hydrogens is 486 g/mol. The number of amides is 1. The summed E-state index contributed by atoms with van der Waals surface area (Å²) in [6.07, 6.45) is 0.153. The molecule has 0 aliphatic heterocycles. The fraction of sp³-hybridized carbons (Fsp3) is 0.240. The first-order valence-corrected chi connectivity index (χ1v) is 13.9. The molecule has 0 saturated heterocycles. The van der Waals surface area contributed by atoms with Gasteiger partial charge >= 0.3 is 0 Å². The van der Waals surface area contributed by atoms with E-state index < -0.39 is 32.0 Å². The molecule has 1 amide bonds. The monoisotopic (exact) mass is 515 g/mol. The van der Waals surface area contributed by atoms with E-state index in [0.29, 0.717) is 16.7 Å². The zero-order valence-electron chi connectivity index (χ0n) is 19.8. The first kappa shape index (κ1) is 26.6. The highest BCUT2D eigenvalue weighted by molar-refractivity contribution is 7.89. The summed E-state index contributed by atoms with van der Waals surface area (Å²) in [6, 6.07) is 17.4. The lowest BCUT2D eigenvalue weighted by atomic mass is 10.1. The molecule has 4 N–H and O–H groups in total. The molecule has 186 valence electrons. The topological polar surface area (TPSA) is 135 Å². The molecule has 35 heavy (non-hydrogen) atoms. The number of rotatable bonds is 9. The Balaban J connectivity index is 1.83. The molecule has 0 fully saturated rings. The molecular formula is C25H29N3O5S2. The van der Waals surface area contributed by atoms with Crippen molar-refractivity contribution < 1.29 is 21.6 Å². The average molecular weight is 516 g/mol. The van der Waals surface area contributed by atoms with Crippen molar-refractivity contribution in [3.63, 3.8) is 0 Å². The van der Waals surface area contributed by atoms with E-state index in [1.807, 2.05) is 37.3 Å². The van der Waals surface area contributed by atoms with E-state index in [-0.39, 0.29) is 22.8 Å². The predicted molar refractivity (Wildman–Crippen MR) is 135 cm³/mol. The second-order valence-electron chi connectivity index (χ2n) is 8.50. The lowest BCUT2D eigenvalue weighted by Gasteiger charge is -2.21. The van der Waals surface area contributed by atoms with E-state index in [0.717, 1.165) is 11.1 Å². The highest BCUT2D eigenvalue weighted by atomic mass is 32.2. The van der Waals surface area contributed by atoms with Crippen LogP contribution in [0.5, 0.6) is 0 Å². The smallest absolute Gasteiger partial charge is 0.241 e. The minimum absolute atomic E-state index is 0.0360. The van der Waals surface area contributed by atoms with Gasteiger partial charge in [-0.3, -0.25) is 4.79 Å². The van der Waals surface area contributed by atoms with Crippen LogP contribution in [0, 0.1) is 20.8 Å². The van der Waals surface area contributed by atoms with Crippen LogP contribution in [0.1, 0.15) is 27.8 Å². The third-order valence-electron chi connectivity index (χ3n) is 5.49. The zero-order chi connectivity index (χ0) is 25.8. The molecule has 3 aromatic carbocycles. The van der Waals surface area contributed by atoms with Crippen LogP contribution < -0.4 is 15.2 Å². The zero-order valence-corrected chi connectivity index (χ0v) is 21.4. The second kappa shape index (κ2) is 10.7. The van der Waals surface area contributed by atoms with Gasteiger partial charge in [0.25, 0.3) is 0 Å². The largest absolute Gasteiger partial charge is 0.351 e. The van der Waals surface area contributed by atoms with Gasteiger partial charge in [-0.05, 0) is 61.6 Å². The van der Waals surface area contributed by atoms with Crippen LogP contribution in [-0.2, 0) is 37.8 Å². The SMILES string of the molecule is Cc1cc(C)c(S(=O)(=O)N[C@@H](Cc2ccccc2)C(=O)NCc2ccc(S(N)(=O)=O)cc2)c(C)c1. The van der Waals surface area contributed by atoms with E-state index in [1.54, 1.807) is 26.0 Å². The van der Waals surface area contributed by atoms with Crippen molar-refractivity contribution in [3.05, 3.63) is 94.5 Å². The Morgan fingerprint density at radius 3 is 1.97 bits per heavy atom. The van der Waals surface area contributed by atoms with Crippen molar-refractivity contribution in [2.75, 3.05) is 0 Å². The number of carbonyl (C=O) groups excluding carboxylic acids is 1. The molecule has 3 aromatic rings. The number of benzene rings is 3. The van der Waals surface area contributed by atoms with Gasteiger partial charge in [-0.25, -0.2) is 22.0 Å². The van der Waals surface area contributed by atoms with Crippen LogP contribution in [0.25, 0.3) is 0 Å². The number of carbonyl (C=O) groups is 1. The molecule has 1 atom stereocenters. The Hall–Kier alpha value is -3.05. The fourth-order valence-corrected chi connectivity index (χ4v) is 6.15. The summed E-state index contributed by atoms with van der Waals surface area (Å²) in [5, 5.41) is 7.86. The maximum atomic E-state index is 13.3. The van der Waals surface area contributed by atoms with E-state index in [9.17, 15) is 21.6 Å². The Labute approximate surface area is 206 Å². The molecule has 0 heterocycles. The molecule has 0 bridgehead atoms. The Kier molecular flexibility index (Phi) is 8.11. The molecule has 0 radical (unpaired) electrons. The number of nitrogens with two attached hydrogens (primary N) is 1. The third kappa shape index (κ3) is 6.98.